The highest BCUT2D eigenvalue weighted by atomic mass is 16.1. The number of aromatic nitrogens is 3. The molecule has 2 aliphatic carbocycles. The summed E-state index contributed by atoms with van der Waals surface area (Å²) in [5.41, 5.74) is 8.32. The SMILES string of the molecule is CC1=C(/N=C(\C)C(=O)NC2CCCc3cc(-c4ncnc5[nH]ccc45)ccc32)CCCC1. The largest absolute Gasteiger partial charge is 0.346 e. The molecule has 2 aliphatic rings. The van der Waals surface area contributed by atoms with Crippen molar-refractivity contribution in [1.29, 1.82) is 0 Å². The number of aromatic amines is 1. The molecule has 0 fully saturated rings. The van der Waals surface area contributed by atoms with Gasteiger partial charge in [-0.1, -0.05) is 17.7 Å². The predicted octanol–water partition coefficient (Wildman–Crippen LogP) is 5.43. The van der Waals surface area contributed by atoms with Crippen LogP contribution in [0, 0.1) is 0 Å². The zero-order chi connectivity index (χ0) is 22.1. The first-order valence-electron chi connectivity index (χ1n) is 11.6. The molecule has 1 unspecified atom stereocenters. The van der Waals surface area contributed by atoms with Gasteiger partial charge in [-0.25, -0.2) is 9.97 Å². The number of benzene rings is 1. The van der Waals surface area contributed by atoms with Crippen LogP contribution in [0.5, 0.6) is 0 Å². The van der Waals surface area contributed by atoms with Crippen LogP contribution in [0.3, 0.4) is 0 Å². The molecular formula is C26H29N5O. The number of nitrogens with zero attached hydrogens (tertiary/aromatic N) is 3. The van der Waals surface area contributed by atoms with E-state index < -0.39 is 0 Å². The number of carbonyl (C=O) groups is 1. The molecule has 1 atom stereocenters. The fraction of sp³-hybridized carbons (Fsp3) is 0.385. The predicted molar refractivity (Wildman–Crippen MR) is 127 cm³/mol. The summed E-state index contributed by atoms with van der Waals surface area (Å²) in [5, 5.41) is 4.26. The van der Waals surface area contributed by atoms with Crippen molar-refractivity contribution in [3.63, 3.8) is 0 Å². The molecule has 3 aromatic rings. The third-order valence-corrected chi connectivity index (χ3v) is 6.73. The van der Waals surface area contributed by atoms with Gasteiger partial charge in [0.05, 0.1) is 11.7 Å². The number of aliphatic imine (C=N–C) groups is 1. The molecular weight excluding hydrogens is 398 g/mol. The van der Waals surface area contributed by atoms with E-state index in [1.807, 2.05) is 19.2 Å². The summed E-state index contributed by atoms with van der Waals surface area (Å²) in [4.78, 5) is 29.6. The van der Waals surface area contributed by atoms with Crippen molar-refractivity contribution >= 4 is 22.7 Å². The minimum Gasteiger partial charge on any atom is -0.346 e. The van der Waals surface area contributed by atoms with E-state index in [1.54, 1.807) is 6.33 Å². The molecule has 0 saturated carbocycles. The smallest absolute Gasteiger partial charge is 0.265 e. The molecule has 0 aliphatic heterocycles. The van der Waals surface area contributed by atoms with Crippen LogP contribution < -0.4 is 5.32 Å². The lowest BCUT2D eigenvalue weighted by atomic mass is 9.86. The standard InChI is InChI=1S/C26H29N5O/c1-16-6-3-4-8-22(16)30-17(2)26(32)31-23-9-5-7-18-14-19(10-11-20(18)23)24-21-12-13-27-25(21)29-15-28-24/h10-15,23H,3-9H2,1-2H3,(H,31,32)(H,27,28,29)/b30-17+. The molecule has 0 radical (unpaired) electrons. The van der Waals surface area contributed by atoms with Crippen molar-refractivity contribution in [1.82, 2.24) is 20.3 Å². The Labute approximate surface area is 188 Å². The first-order chi connectivity index (χ1) is 15.6. The number of nitrogens with one attached hydrogen (secondary N) is 2. The van der Waals surface area contributed by atoms with Gasteiger partial charge >= 0.3 is 0 Å². The average Bonchev–Trinajstić information content (AvgIpc) is 3.29. The lowest BCUT2D eigenvalue weighted by Crippen LogP contribution is -2.35. The number of hydrogen-bond acceptors (Lipinski definition) is 4. The lowest BCUT2D eigenvalue weighted by Gasteiger charge is -2.27. The summed E-state index contributed by atoms with van der Waals surface area (Å²) in [6, 6.07) is 8.51. The quantitative estimate of drug-likeness (QED) is 0.545. The first-order valence-corrected chi connectivity index (χ1v) is 11.6. The van der Waals surface area contributed by atoms with E-state index in [0.29, 0.717) is 5.71 Å². The topological polar surface area (TPSA) is 83.0 Å². The Hall–Kier alpha value is -3.28. The summed E-state index contributed by atoms with van der Waals surface area (Å²) in [5.74, 6) is -0.0670. The summed E-state index contributed by atoms with van der Waals surface area (Å²) in [6.45, 7) is 3.96. The third-order valence-electron chi connectivity index (χ3n) is 6.73. The molecule has 164 valence electrons. The number of fused-ring (bicyclic) bond motifs is 2. The van der Waals surface area contributed by atoms with Gasteiger partial charge in [-0.05, 0) is 82.1 Å². The van der Waals surface area contributed by atoms with Gasteiger partial charge in [0.2, 0.25) is 0 Å². The minimum atomic E-state index is -0.0670. The van der Waals surface area contributed by atoms with Crippen LogP contribution in [0.2, 0.25) is 0 Å². The average molecular weight is 428 g/mol. The summed E-state index contributed by atoms with van der Waals surface area (Å²) in [6.07, 6.45) is 10.9. The highest BCUT2D eigenvalue weighted by Gasteiger charge is 2.24. The number of H-pyrrole nitrogens is 1. The summed E-state index contributed by atoms with van der Waals surface area (Å²) >= 11 is 0. The zero-order valence-corrected chi connectivity index (χ0v) is 18.7. The maximum Gasteiger partial charge on any atom is 0.265 e. The van der Waals surface area contributed by atoms with Crippen molar-refractivity contribution < 1.29 is 4.79 Å². The van der Waals surface area contributed by atoms with Crippen LogP contribution in [0.15, 0.2) is 53.1 Å². The second kappa shape index (κ2) is 8.69. The Morgan fingerprint density at radius 3 is 2.88 bits per heavy atom. The Morgan fingerprint density at radius 2 is 2.00 bits per heavy atom. The van der Waals surface area contributed by atoms with E-state index in [0.717, 1.165) is 66.5 Å². The second-order valence-electron chi connectivity index (χ2n) is 8.93. The first kappa shape index (κ1) is 20.6. The fourth-order valence-corrected chi connectivity index (χ4v) is 4.92. The molecule has 0 spiro atoms. The molecule has 0 bridgehead atoms. The Balaban J connectivity index is 1.38. The maximum atomic E-state index is 12.9. The maximum absolute atomic E-state index is 12.9. The molecule has 2 heterocycles. The summed E-state index contributed by atoms with van der Waals surface area (Å²) < 4.78 is 0. The molecule has 6 heteroatoms. The van der Waals surface area contributed by atoms with E-state index in [9.17, 15) is 4.79 Å². The van der Waals surface area contributed by atoms with Gasteiger partial charge in [0, 0.05) is 22.8 Å². The zero-order valence-electron chi connectivity index (χ0n) is 18.7. The van der Waals surface area contributed by atoms with Crippen molar-refractivity contribution in [2.24, 2.45) is 4.99 Å². The van der Waals surface area contributed by atoms with Gasteiger partial charge in [-0.2, -0.15) is 0 Å². The van der Waals surface area contributed by atoms with Crippen LogP contribution >= 0.6 is 0 Å². The molecule has 0 saturated heterocycles. The van der Waals surface area contributed by atoms with Crippen LogP contribution in [0.4, 0.5) is 0 Å². The van der Waals surface area contributed by atoms with E-state index in [1.165, 1.54) is 23.1 Å². The van der Waals surface area contributed by atoms with Gasteiger partial charge in [0.25, 0.3) is 5.91 Å². The molecule has 2 N–H and O–H groups in total. The minimum absolute atomic E-state index is 0.0181. The van der Waals surface area contributed by atoms with Crippen LogP contribution in [-0.4, -0.2) is 26.6 Å². The van der Waals surface area contributed by atoms with Gasteiger partial charge in [0.15, 0.2) is 0 Å². The normalized spacial score (nSPS) is 19.2. The number of rotatable bonds is 4. The van der Waals surface area contributed by atoms with Crippen molar-refractivity contribution in [3.05, 3.63) is 59.2 Å². The highest BCUT2D eigenvalue weighted by molar-refractivity contribution is 6.38. The third kappa shape index (κ3) is 3.97. The highest BCUT2D eigenvalue weighted by Crippen LogP contribution is 2.34. The van der Waals surface area contributed by atoms with Crippen LogP contribution in [-0.2, 0) is 11.2 Å². The summed E-state index contributed by atoms with van der Waals surface area (Å²) in [7, 11) is 0. The Morgan fingerprint density at radius 1 is 1.12 bits per heavy atom. The molecule has 1 amide bonds. The van der Waals surface area contributed by atoms with Gasteiger partial charge in [0.1, 0.15) is 17.7 Å². The molecule has 6 nitrogen and oxygen atoms in total. The van der Waals surface area contributed by atoms with Crippen LogP contribution in [0.25, 0.3) is 22.3 Å². The second-order valence-corrected chi connectivity index (χ2v) is 8.93. The van der Waals surface area contributed by atoms with Crippen molar-refractivity contribution in [2.45, 2.75) is 64.8 Å². The Bertz CT molecular complexity index is 1240. The van der Waals surface area contributed by atoms with Crippen molar-refractivity contribution in [3.8, 4) is 11.3 Å². The van der Waals surface area contributed by atoms with E-state index in [-0.39, 0.29) is 11.9 Å². The van der Waals surface area contributed by atoms with Crippen molar-refractivity contribution in [2.75, 3.05) is 0 Å². The van der Waals surface area contributed by atoms with Crippen LogP contribution in [0.1, 0.15) is 69.5 Å². The van der Waals surface area contributed by atoms with E-state index in [4.69, 9.17) is 0 Å². The van der Waals surface area contributed by atoms with Gasteiger partial charge < -0.3 is 10.3 Å². The number of carbonyl (C=O) groups excluding carboxylic acids is 1. The lowest BCUT2D eigenvalue weighted by molar-refractivity contribution is -0.115. The number of hydrogen-bond donors (Lipinski definition) is 2. The number of amides is 1. The molecule has 2 aromatic heterocycles. The monoisotopic (exact) mass is 427 g/mol. The van der Waals surface area contributed by atoms with Gasteiger partial charge in [-0.3, -0.25) is 9.79 Å². The number of aryl methyl sites for hydroxylation is 1. The number of allylic oxidation sites excluding steroid dienone is 2. The molecule has 32 heavy (non-hydrogen) atoms. The molecule has 1 aromatic carbocycles. The molecule has 5 rings (SSSR count). The van der Waals surface area contributed by atoms with E-state index >= 15 is 0 Å². The Kier molecular flexibility index (Phi) is 5.60. The fourth-order valence-electron chi connectivity index (χ4n) is 4.92. The van der Waals surface area contributed by atoms with Gasteiger partial charge in [-0.15, -0.1) is 0 Å². The van der Waals surface area contributed by atoms with E-state index in [2.05, 4.69) is 50.4 Å².